The van der Waals surface area contributed by atoms with Crippen molar-refractivity contribution in [2.45, 2.75) is 38.6 Å². The third-order valence-corrected chi connectivity index (χ3v) is 5.09. The number of amides is 1. The molecule has 0 bridgehead atoms. The minimum absolute atomic E-state index is 0.0706. The quantitative estimate of drug-likeness (QED) is 0.837. The van der Waals surface area contributed by atoms with Gasteiger partial charge in [0.1, 0.15) is 5.82 Å². The topological polar surface area (TPSA) is 60.1 Å². The fraction of sp³-hybridized carbons (Fsp3) is 0.500. The molecule has 1 fully saturated rings. The lowest BCUT2D eigenvalue weighted by Gasteiger charge is -2.31. The van der Waals surface area contributed by atoms with Crippen LogP contribution in [0.5, 0.6) is 0 Å². The first-order chi connectivity index (χ1) is 12.0. The van der Waals surface area contributed by atoms with Crippen molar-refractivity contribution in [1.82, 2.24) is 19.2 Å². The highest BCUT2D eigenvalue weighted by Gasteiger charge is 2.27. The Morgan fingerprint density at radius 3 is 2.48 bits per heavy atom. The molecule has 1 amide bonds. The lowest BCUT2D eigenvalue weighted by atomic mass is 9.95. The maximum atomic E-state index is 12.5. The zero-order chi connectivity index (χ0) is 18.0. The number of nitrogens with zero attached hydrogens (tertiary/aromatic N) is 4. The second-order valence-corrected chi connectivity index (χ2v) is 6.90. The van der Waals surface area contributed by atoms with E-state index in [4.69, 9.17) is 11.6 Å². The van der Waals surface area contributed by atoms with E-state index < -0.39 is 0 Å². The fourth-order valence-electron chi connectivity index (χ4n) is 3.40. The Labute approximate surface area is 152 Å². The van der Waals surface area contributed by atoms with Gasteiger partial charge in [-0.2, -0.15) is 5.10 Å². The molecule has 25 heavy (non-hydrogen) atoms. The molecule has 0 saturated carbocycles. The molecule has 0 aliphatic carbocycles. The van der Waals surface area contributed by atoms with Crippen molar-refractivity contribution in [2.75, 3.05) is 13.1 Å². The standard InChI is InChI=1S/C18H23ClN4O2/c1-3-23-17(20-21(2)18(23)25)14-8-10-22(11-9-14)16(24)12-13-4-6-15(19)7-5-13/h4-7,14H,3,8-12H2,1-2H3. The van der Waals surface area contributed by atoms with Crippen LogP contribution in [-0.2, 0) is 24.8 Å². The summed E-state index contributed by atoms with van der Waals surface area (Å²) in [6.45, 7) is 3.98. The average molecular weight is 363 g/mol. The number of hydrogen-bond acceptors (Lipinski definition) is 3. The van der Waals surface area contributed by atoms with Gasteiger partial charge in [0.2, 0.25) is 5.91 Å². The van der Waals surface area contributed by atoms with Gasteiger partial charge < -0.3 is 4.90 Å². The summed E-state index contributed by atoms with van der Waals surface area (Å²) in [6.07, 6.45) is 2.07. The van der Waals surface area contributed by atoms with Crippen LogP contribution >= 0.6 is 11.6 Å². The highest BCUT2D eigenvalue weighted by Crippen LogP contribution is 2.26. The van der Waals surface area contributed by atoms with Gasteiger partial charge >= 0.3 is 5.69 Å². The van der Waals surface area contributed by atoms with E-state index >= 15 is 0 Å². The molecule has 1 saturated heterocycles. The highest BCUT2D eigenvalue weighted by atomic mass is 35.5. The molecule has 6 nitrogen and oxygen atoms in total. The van der Waals surface area contributed by atoms with Crippen molar-refractivity contribution in [3.8, 4) is 0 Å². The van der Waals surface area contributed by atoms with Crippen molar-refractivity contribution in [3.05, 3.63) is 51.2 Å². The summed E-state index contributed by atoms with van der Waals surface area (Å²) >= 11 is 5.88. The van der Waals surface area contributed by atoms with Crippen molar-refractivity contribution >= 4 is 17.5 Å². The Kier molecular flexibility index (Phi) is 5.27. The summed E-state index contributed by atoms with van der Waals surface area (Å²) in [6, 6.07) is 7.39. The summed E-state index contributed by atoms with van der Waals surface area (Å²) < 4.78 is 3.13. The van der Waals surface area contributed by atoms with E-state index in [0.29, 0.717) is 31.1 Å². The first-order valence-corrected chi connectivity index (χ1v) is 9.03. The number of halogens is 1. The van der Waals surface area contributed by atoms with Crippen LogP contribution in [0.3, 0.4) is 0 Å². The number of rotatable bonds is 4. The summed E-state index contributed by atoms with van der Waals surface area (Å²) in [5.74, 6) is 1.21. The maximum absolute atomic E-state index is 12.5. The van der Waals surface area contributed by atoms with E-state index in [1.807, 2.05) is 36.1 Å². The Morgan fingerprint density at radius 2 is 1.88 bits per heavy atom. The van der Waals surface area contributed by atoms with Crippen LogP contribution in [0.1, 0.15) is 37.1 Å². The Balaban J connectivity index is 1.62. The molecule has 0 unspecified atom stereocenters. The molecule has 0 radical (unpaired) electrons. The SMILES string of the molecule is CCn1c(C2CCN(C(=O)Cc3ccc(Cl)cc3)CC2)nn(C)c1=O. The van der Waals surface area contributed by atoms with Crippen LogP contribution < -0.4 is 5.69 Å². The molecule has 2 heterocycles. The molecule has 134 valence electrons. The number of carbonyl (C=O) groups excluding carboxylic acids is 1. The predicted octanol–water partition coefficient (Wildman–Crippen LogP) is 2.20. The summed E-state index contributed by atoms with van der Waals surface area (Å²) in [5.41, 5.74) is 0.903. The third-order valence-electron chi connectivity index (χ3n) is 4.83. The van der Waals surface area contributed by atoms with Gasteiger partial charge in [0, 0.05) is 37.6 Å². The normalized spacial score (nSPS) is 15.6. The first-order valence-electron chi connectivity index (χ1n) is 8.65. The molecule has 3 rings (SSSR count). The second kappa shape index (κ2) is 7.44. The average Bonchev–Trinajstić information content (AvgIpc) is 2.91. The largest absolute Gasteiger partial charge is 0.345 e. The molecule has 1 aromatic carbocycles. The number of benzene rings is 1. The van der Waals surface area contributed by atoms with Crippen LogP contribution in [-0.4, -0.2) is 38.2 Å². The molecule has 1 aliphatic heterocycles. The Hall–Kier alpha value is -2.08. The number of carbonyl (C=O) groups is 1. The lowest BCUT2D eigenvalue weighted by molar-refractivity contribution is -0.131. The summed E-state index contributed by atoms with van der Waals surface area (Å²) in [4.78, 5) is 26.5. The number of aryl methyl sites for hydroxylation is 1. The molecule has 1 aliphatic rings. The molecule has 0 atom stereocenters. The van der Waals surface area contributed by atoms with Crippen LogP contribution in [0.25, 0.3) is 0 Å². The lowest BCUT2D eigenvalue weighted by Crippen LogP contribution is -2.39. The van der Waals surface area contributed by atoms with E-state index in [0.717, 1.165) is 24.2 Å². The maximum Gasteiger partial charge on any atom is 0.345 e. The third kappa shape index (κ3) is 3.79. The van der Waals surface area contributed by atoms with Gasteiger partial charge in [0.25, 0.3) is 0 Å². The Morgan fingerprint density at radius 1 is 1.24 bits per heavy atom. The molecule has 1 aromatic heterocycles. The first kappa shape index (κ1) is 17.7. The van der Waals surface area contributed by atoms with Crippen molar-refractivity contribution in [1.29, 1.82) is 0 Å². The molecule has 2 aromatic rings. The van der Waals surface area contributed by atoms with E-state index in [-0.39, 0.29) is 17.5 Å². The van der Waals surface area contributed by atoms with E-state index in [9.17, 15) is 9.59 Å². The van der Waals surface area contributed by atoms with Gasteiger partial charge in [-0.3, -0.25) is 9.36 Å². The number of hydrogen-bond donors (Lipinski definition) is 0. The highest BCUT2D eigenvalue weighted by molar-refractivity contribution is 6.30. The predicted molar refractivity (Wildman–Crippen MR) is 96.9 cm³/mol. The molecule has 0 N–H and O–H groups in total. The van der Waals surface area contributed by atoms with Crippen molar-refractivity contribution < 1.29 is 4.79 Å². The van der Waals surface area contributed by atoms with Gasteiger partial charge in [-0.15, -0.1) is 0 Å². The van der Waals surface area contributed by atoms with Crippen molar-refractivity contribution in [3.63, 3.8) is 0 Å². The number of aromatic nitrogens is 3. The fourth-order valence-corrected chi connectivity index (χ4v) is 3.52. The van der Waals surface area contributed by atoms with E-state index in [2.05, 4.69) is 5.10 Å². The molecular formula is C18H23ClN4O2. The van der Waals surface area contributed by atoms with Crippen LogP contribution in [0.2, 0.25) is 5.02 Å². The van der Waals surface area contributed by atoms with Gasteiger partial charge in [0.05, 0.1) is 6.42 Å². The second-order valence-electron chi connectivity index (χ2n) is 6.47. The number of piperidine rings is 1. The smallest absolute Gasteiger partial charge is 0.342 e. The monoisotopic (exact) mass is 362 g/mol. The van der Waals surface area contributed by atoms with Crippen LogP contribution in [0.15, 0.2) is 29.1 Å². The molecule has 0 spiro atoms. The molecular weight excluding hydrogens is 340 g/mol. The van der Waals surface area contributed by atoms with Crippen LogP contribution in [0, 0.1) is 0 Å². The molecule has 7 heteroatoms. The van der Waals surface area contributed by atoms with Gasteiger partial charge in [0.15, 0.2) is 0 Å². The summed E-state index contributed by atoms with van der Waals surface area (Å²) in [5, 5.41) is 5.08. The summed E-state index contributed by atoms with van der Waals surface area (Å²) in [7, 11) is 1.68. The minimum Gasteiger partial charge on any atom is -0.342 e. The Bertz CT molecular complexity index is 801. The van der Waals surface area contributed by atoms with Crippen molar-refractivity contribution in [2.24, 2.45) is 7.05 Å². The van der Waals surface area contributed by atoms with Gasteiger partial charge in [-0.1, -0.05) is 23.7 Å². The zero-order valence-electron chi connectivity index (χ0n) is 14.6. The zero-order valence-corrected chi connectivity index (χ0v) is 15.4. The van der Waals surface area contributed by atoms with E-state index in [1.54, 1.807) is 11.6 Å². The number of likely N-dealkylation sites (tertiary alicyclic amines) is 1. The van der Waals surface area contributed by atoms with Crippen LogP contribution in [0.4, 0.5) is 0 Å². The van der Waals surface area contributed by atoms with Gasteiger partial charge in [-0.25, -0.2) is 9.48 Å². The minimum atomic E-state index is -0.0706. The van der Waals surface area contributed by atoms with Gasteiger partial charge in [-0.05, 0) is 37.5 Å². The van der Waals surface area contributed by atoms with E-state index in [1.165, 1.54) is 4.68 Å².